The van der Waals surface area contributed by atoms with E-state index in [4.69, 9.17) is 5.73 Å². The van der Waals surface area contributed by atoms with Crippen LogP contribution < -0.4 is 11.1 Å². The fourth-order valence-electron chi connectivity index (χ4n) is 1.88. The second-order valence-electron chi connectivity index (χ2n) is 4.15. The number of H-pyrrole nitrogens is 1. The molecule has 0 radical (unpaired) electrons. The Morgan fingerprint density at radius 2 is 2.00 bits per heavy atom. The van der Waals surface area contributed by atoms with E-state index in [1.165, 1.54) is 11.9 Å². The third kappa shape index (κ3) is 2.38. The number of nitrogens with zero attached hydrogens (tertiary/aromatic N) is 3. The number of hydrogen-bond acceptors (Lipinski definition) is 5. The molecule has 96 valence electrons. The number of imidazole rings is 1. The Hall–Kier alpha value is -2.47. The summed E-state index contributed by atoms with van der Waals surface area (Å²) in [4.78, 5) is 15.8. The summed E-state index contributed by atoms with van der Waals surface area (Å²) in [6, 6.07) is 10.1. The lowest BCUT2D eigenvalue weighted by atomic mass is 10.2. The summed E-state index contributed by atoms with van der Waals surface area (Å²) >= 11 is 0. The van der Waals surface area contributed by atoms with Crippen LogP contribution in [0.4, 0.5) is 5.82 Å². The zero-order chi connectivity index (χ0) is 13.1. The maximum absolute atomic E-state index is 5.57. The van der Waals surface area contributed by atoms with Crippen molar-refractivity contribution in [1.29, 1.82) is 0 Å². The van der Waals surface area contributed by atoms with Crippen LogP contribution in [0.5, 0.6) is 0 Å². The Morgan fingerprint density at radius 1 is 1.16 bits per heavy atom. The number of nitrogens with two attached hydrogens (primary N) is 1. The molecule has 0 amide bonds. The molecular formula is C13H14N6. The average molecular weight is 254 g/mol. The van der Waals surface area contributed by atoms with Gasteiger partial charge in [-0.05, 0) is 5.56 Å². The van der Waals surface area contributed by atoms with Gasteiger partial charge in [0.1, 0.15) is 12.2 Å². The van der Waals surface area contributed by atoms with Gasteiger partial charge in [-0.1, -0.05) is 30.3 Å². The molecule has 0 fully saturated rings. The number of rotatable bonds is 4. The van der Waals surface area contributed by atoms with Gasteiger partial charge in [-0.25, -0.2) is 15.0 Å². The fraction of sp³-hybridized carbons (Fsp3) is 0.154. The highest BCUT2D eigenvalue weighted by atomic mass is 15.1. The van der Waals surface area contributed by atoms with E-state index in [9.17, 15) is 0 Å². The van der Waals surface area contributed by atoms with E-state index < -0.39 is 0 Å². The van der Waals surface area contributed by atoms with E-state index in [2.05, 4.69) is 37.4 Å². The lowest BCUT2D eigenvalue weighted by molar-refractivity contribution is 0.956. The predicted octanol–water partition coefficient (Wildman–Crippen LogP) is 1.42. The molecule has 2 aromatic heterocycles. The number of anilines is 1. The monoisotopic (exact) mass is 254 g/mol. The molecule has 0 unspecified atom stereocenters. The van der Waals surface area contributed by atoms with E-state index in [0.717, 1.165) is 5.52 Å². The molecule has 3 aromatic rings. The van der Waals surface area contributed by atoms with Gasteiger partial charge in [-0.3, -0.25) is 0 Å². The number of aromatic nitrogens is 4. The summed E-state index contributed by atoms with van der Waals surface area (Å²) in [5, 5.41) is 3.27. The van der Waals surface area contributed by atoms with Crippen LogP contribution in [0.1, 0.15) is 11.4 Å². The second-order valence-corrected chi connectivity index (χ2v) is 4.15. The Labute approximate surface area is 110 Å². The highest BCUT2D eigenvalue weighted by molar-refractivity contribution is 5.82. The lowest BCUT2D eigenvalue weighted by Crippen LogP contribution is -2.02. The molecule has 0 atom stereocenters. The van der Waals surface area contributed by atoms with Crippen LogP contribution >= 0.6 is 0 Å². The first-order chi connectivity index (χ1) is 9.36. The van der Waals surface area contributed by atoms with Crippen molar-refractivity contribution in [2.24, 2.45) is 5.73 Å². The molecule has 4 N–H and O–H groups in total. The number of aromatic amines is 1. The molecule has 0 aliphatic carbocycles. The van der Waals surface area contributed by atoms with Gasteiger partial charge in [0.25, 0.3) is 0 Å². The molecule has 19 heavy (non-hydrogen) atoms. The molecule has 1 aromatic carbocycles. The molecule has 0 aliphatic heterocycles. The van der Waals surface area contributed by atoms with Crippen LogP contribution in [0.2, 0.25) is 0 Å². The van der Waals surface area contributed by atoms with Gasteiger partial charge in [-0.15, -0.1) is 0 Å². The Balaban J connectivity index is 1.86. The zero-order valence-electron chi connectivity index (χ0n) is 10.3. The minimum Gasteiger partial charge on any atom is -0.364 e. The smallest absolute Gasteiger partial charge is 0.163 e. The first kappa shape index (κ1) is 11.6. The van der Waals surface area contributed by atoms with Crippen LogP contribution in [-0.4, -0.2) is 19.9 Å². The minimum atomic E-state index is 0.356. The zero-order valence-corrected chi connectivity index (χ0v) is 10.3. The topological polar surface area (TPSA) is 92.5 Å². The molecule has 0 spiro atoms. The van der Waals surface area contributed by atoms with Gasteiger partial charge in [0, 0.05) is 6.54 Å². The molecule has 0 bridgehead atoms. The average Bonchev–Trinajstić information content (AvgIpc) is 2.90. The lowest BCUT2D eigenvalue weighted by Gasteiger charge is -2.05. The van der Waals surface area contributed by atoms with Crippen LogP contribution in [0.25, 0.3) is 11.2 Å². The third-order valence-corrected chi connectivity index (χ3v) is 2.83. The first-order valence-electron chi connectivity index (χ1n) is 6.04. The quantitative estimate of drug-likeness (QED) is 0.655. The summed E-state index contributed by atoms with van der Waals surface area (Å²) < 4.78 is 0. The van der Waals surface area contributed by atoms with Crippen LogP contribution in [-0.2, 0) is 13.1 Å². The van der Waals surface area contributed by atoms with Crippen LogP contribution in [0, 0.1) is 0 Å². The van der Waals surface area contributed by atoms with Crippen molar-refractivity contribution in [3.05, 3.63) is 48.0 Å². The Bertz CT molecular complexity index is 676. The van der Waals surface area contributed by atoms with Crippen molar-refractivity contribution >= 4 is 17.0 Å². The Morgan fingerprint density at radius 3 is 2.79 bits per heavy atom. The predicted molar refractivity (Wildman–Crippen MR) is 73.3 cm³/mol. The summed E-state index contributed by atoms with van der Waals surface area (Å²) in [7, 11) is 0. The van der Waals surface area contributed by atoms with Crippen molar-refractivity contribution in [1.82, 2.24) is 19.9 Å². The van der Waals surface area contributed by atoms with Crippen LogP contribution in [0.15, 0.2) is 36.7 Å². The van der Waals surface area contributed by atoms with Gasteiger partial charge in [0.05, 0.1) is 6.54 Å². The van der Waals surface area contributed by atoms with Gasteiger partial charge in [-0.2, -0.15) is 0 Å². The summed E-state index contributed by atoms with van der Waals surface area (Å²) in [6.07, 6.45) is 1.51. The highest BCUT2D eigenvalue weighted by Crippen LogP contribution is 2.17. The van der Waals surface area contributed by atoms with Crippen molar-refractivity contribution in [3.8, 4) is 0 Å². The molecule has 3 rings (SSSR count). The van der Waals surface area contributed by atoms with Crippen molar-refractivity contribution < 1.29 is 0 Å². The van der Waals surface area contributed by atoms with Gasteiger partial charge in [0.2, 0.25) is 0 Å². The van der Waals surface area contributed by atoms with E-state index >= 15 is 0 Å². The van der Waals surface area contributed by atoms with Crippen molar-refractivity contribution in [2.45, 2.75) is 13.1 Å². The minimum absolute atomic E-state index is 0.356. The maximum atomic E-state index is 5.57. The number of nitrogens with one attached hydrogen (secondary N) is 2. The van der Waals surface area contributed by atoms with Gasteiger partial charge in [0.15, 0.2) is 17.0 Å². The highest BCUT2D eigenvalue weighted by Gasteiger charge is 2.08. The first-order valence-corrected chi connectivity index (χ1v) is 6.04. The Kier molecular flexibility index (Phi) is 3.07. The maximum Gasteiger partial charge on any atom is 0.163 e. The van der Waals surface area contributed by atoms with Crippen molar-refractivity contribution in [3.63, 3.8) is 0 Å². The molecule has 6 heteroatoms. The third-order valence-electron chi connectivity index (χ3n) is 2.83. The molecule has 0 aliphatic rings. The van der Waals surface area contributed by atoms with E-state index in [1.807, 2.05) is 18.2 Å². The van der Waals surface area contributed by atoms with Gasteiger partial charge < -0.3 is 16.0 Å². The standard InChI is InChI=1S/C13H14N6/c14-6-10-18-11-12(16-8-17-13(11)19-10)15-7-9-4-2-1-3-5-9/h1-5,8H,6-7,14H2,(H2,15,16,17,18,19). The van der Waals surface area contributed by atoms with Crippen LogP contribution in [0.3, 0.4) is 0 Å². The van der Waals surface area contributed by atoms with Gasteiger partial charge >= 0.3 is 0 Å². The molecule has 0 saturated heterocycles. The van der Waals surface area contributed by atoms with Crippen molar-refractivity contribution in [2.75, 3.05) is 5.32 Å². The van der Waals surface area contributed by atoms with E-state index in [-0.39, 0.29) is 0 Å². The summed E-state index contributed by atoms with van der Waals surface area (Å²) in [5.74, 6) is 1.42. The molecule has 2 heterocycles. The summed E-state index contributed by atoms with van der Waals surface area (Å²) in [6.45, 7) is 1.05. The van der Waals surface area contributed by atoms with E-state index in [1.54, 1.807) is 0 Å². The number of hydrogen-bond donors (Lipinski definition) is 3. The molecule has 6 nitrogen and oxygen atoms in total. The normalized spacial score (nSPS) is 10.8. The number of benzene rings is 1. The molecular weight excluding hydrogens is 240 g/mol. The largest absolute Gasteiger partial charge is 0.364 e. The second kappa shape index (κ2) is 5.03. The number of fused-ring (bicyclic) bond motifs is 1. The van der Waals surface area contributed by atoms with E-state index in [0.29, 0.717) is 30.4 Å². The summed E-state index contributed by atoms with van der Waals surface area (Å²) in [5.41, 5.74) is 8.17. The fourth-order valence-corrected chi connectivity index (χ4v) is 1.88. The SMILES string of the molecule is NCc1nc2c(NCc3ccccc3)ncnc2[nH]1. The molecule has 0 saturated carbocycles.